The standard InChI is InChI=1S/C24H23N5O.C20H21N5O.C2H6/c1-30-20-9-6-17(7-10-20)14-27-24-23(25-12-13-26-24)19-15-29(16-19)22-11-8-18-4-2-3-5-21(18)28-22;26-16-7-10-24(13-16)20-19(21-8-9-22-20)15-11-25(12-15)18-6-5-14-3-1-2-4-17(14)23-18;1-2/h2-13,19H,14-16H2,1H3,(H,26,27);1-6,8-9,15-16,26H,7,10-13H2;1-2H3. The van der Waals surface area contributed by atoms with E-state index in [0.29, 0.717) is 24.9 Å². The van der Waals surface area contributed by atoms with E-state index in [-0.39, 0.29) is 6.10 Å². The lowest BCUT2D eigenvalue weighted by atomic mass is 9.95. The lowest BCUT2D eigenvalue weighted by Gasteiger charge is -2.40. The molecule has 0 spiro atoms. The minimum absolute atomic E-state index is 0.260. The van der Waals surface area contributed by atoms with Gasteiger partial charge in [0.25, 0.3) is 0 Å². The van der Waals surface area contributed by atoms with Crippen LogP contribution in [0, 0.1) is 0 Å². The Morgan fingerprint density at radius 3 is 1.76 bits per heavy atom. The Morgan fingerprint density at radius 2 is 1.17 bits per heavy atom. The highest BCUT2D eigenvalue weighted by Crippen LogP contribution is 2.36. The van der Waals surface area contributed by atoms with Gasteiger partial charge < -0.3 is 29.9 Å². The number of para-hydroxylation sites is 2. The molecule has 3 aliphatic heterocycles. The molecule has 58 heavy (non-hydrogen) atoms. The first kappa shape index (κ1) is 38.5. The summed E-state index contributed by atoms with van der Waals surface area (Å²) in [5.74, 6) is 5.36. The van der Waals surface area contributed by atoms with Gasteiger partial charge in [0, 0.05) is 93.2 Å². The second kappa shape index (κ2) is 17.8. The molecule has 10 rings (SSSR count). The maximum absolute atomic E-state index is 9.83. The third-order valence-corrected chi connectivity index (χ3v) is 10.9. The molecule has 12 nitrogen and oxygen atoms in total. The molecule has 3 saturated heterocycles. The van der Waals surface area contributed by atoms with E-state index < -0.39 is 0 Å². The number of methoxy groups -OCH3 is 1. The number of aliphatic hydroxyl groups excluding tert-OH is 1. The number of pyridine rings is 2. The minimum Gasteiger partial charge on any atom is -0.497 e. The Labute approximate surface area is 339 Å². The van der Waals surface area contributed by atoms with E-state index in [1.54, 1.807) is 31.9 Å². The molecule has 0 saturated carbocycles. The third kappa shape index (κ3) is 8.47. The molecule has 1 unspecified atom stereocenters. The smallest absolute Gasteiger partial charge is 0.150 e. The van der Waals surface area contributed by atoms with Crippen molar-refractivity contribution in [2.24, 2.45) is 0 Å². The molecule has 0 bridgehead atoms. The van der Waals surface area contributed by atoms with Crippen LogP contribution in [-0.4, -0.2) is 87.5 Å². The van der Waals surface area contributed by atoms with Crippen LogP contribution in [0.15, 0.2) is 122 Å². The lowest BCUT2D eigenvalue weighted by Crippen LogP contribution is -2.46. The number of aliphatic hydroxyl groups is 1. The molecule has 7 heterocycles. The fourth-order valence-corrected chi connectivity index (χ4v) is 7.66. The van der Waals surface area contributed by atoms with E-state index in [1.807, 2.05) is 50.2 Å². The van der Waals surface area contributed by atoms with Gasteiger partial charge in [0.15, 0.2) is 5.82 Å². The summed E-state index contributed by atoms with van der Waals surface area (Å²) in [5, 5.41) is 15.6. The van der Waals surface area contributed by atoms with E-state index in [9.17, 15) is 5.11 Å². The maximum atomic E-state index is 9.83. The number of benzene rings is 3. The van der Waals surface area contributed by atoms with E-state index >= 15 is 0 Å². The zero-order valence-electron chi connectivity index (χ0n) is 33.3. The van der Waals surface area contributed by atoms with Gasteiger partial charge in [-0.25, -0.2) is 19.9 Å². The average Bonchev–Trinajstić information content (AvgIpc) is 3.69. The topological polar surface area (TPSA) is 129 Å². The van der Waals surface area contributed by atoms with Crippen molar-refractivity contribution in [3.8, 4) is 5.75 Å². The van der Waals surface area contributed by atoms with Gasteiger partial charge in [0.2, 0.25) is 0 Å². The predicted molar refractivity (Wildman–Crippen MR) is 232 cm³/mol. The summed E-state index contributed by atoms with van der Waals surface area (Å²) in [7, 11) is 1.68. The molecular weight excluding hydrogens is 725 g/mol. The molecule has 1 atom stereocenters. The lowest BCUT2D eigenvalue weighted by molar-refractivity contribution is 0.198. The van der Waals surface area contributed by atoms with Crippen molar-refractivity contribution in [2.45, 2.75) is 44.8 Å². The largest absolute Gasteiger partial charge is 0.497 e. The van der Waals surface area contributed by atoms with E-state index in [2.05, 4.69) is 101 Å². The molecule has 2 N–H and O–H groups in total. The normalized spacial score (nSPS) is 16.5. The van der Waals surface area contributed by atoms with Crippen LogP contribution in [0.2, 0.25) is 0 Å². The molecule has 0 radical (unpaired) electrons. The van der Waals surface area contributed by atoms with Crippen molar-refractivity contribution in [3.05, 3.63) is 139 Å². The van der Waals surface area contributed by atoms with Gasteiger partial charge in [-0.2, -0.15) is 0 Å². The second-order valence-electron chi connectivity index (χ2n) is 14.6. The molecule has 3 aliphatic rings. The first-order valence-electron chi connectivity index (χ1n) is 20.2. The van der Waals surface area contributed by atoms with Crippen molar-refractivity contribution in [3.63, 3.8) is 0 Å². The first-order valence-corrected chi connectivity index (χ1v) is 20.2. The van der Waals surface area contributed by atoms with Crippen LogP contribution in [0.5, 0.6) is 5.75 Å². The fourth-order valence-electron chi connectivity index (χ4n) is 7.66. The van der Waals surface area contributed by atoms with Crippen LogP contribution < -0.4 is 24.8 Å². The number of β-amino-alcohol motifs (C(OH)–C–C–N with tert-alkyl or cyclic N) is 1. The zero-order valence-corrected chi connectivity index (χ0v) is 33.3. The highest BCUT2D eigenvalue weighted by atomic mass is 16.5. The molecular formula is C46H50N10O2. The van der Waals surface area contributed by atoms with Crippen molar-refractivity contribution in [1.29, 1.82) is 0 Å². The van der Waals surface area contributed by atoms with Gasteiger partial charge in [0.1, 0.15) is 23.2 Å². The van der Waals surface area contributed by atoms with E-state index in [1.165, 1.54) is 5.56 Å². The number of rotatable bonds is 9. The second-order valence-corrected chi connectivity index (χ2v) is 14.6. The van der Waals surface area contributed by atoms with E-state index in [4.69, 9.17) is 14.7 Å². The summed E-state index contributed by atoms with van der Waals surface area (Å²) >= 11 is 0. The summed E-state index contributed by atoms with van der Waals surface area (Å²) in [6.45, 7) is 9.76. The fraction of sp³-hybridized carbons (Fsp3) is 0.304. The number of anilines is 4. The zero-order chi connectivity index (χ0) is 39.8. The quantitative estimate of drug-likeness (QED) is 0.151. The van der Waals surface area contributed by atoms with Gasteiger partial charge in [-0.15, -0.1) is 0 Å². The van der Waals surface area contributed by atoms with Crippen molar-refractivity contribution < 1.29 is 9.84 Å². The first-order chi connectivity index (χ1) is 28.6. The SMILES string of the molecule is CC.COc1ccc(CNc2nccnc2C2CN(c3ccc4ccccc4n3)C2)cc1.OC1CCN(c2nccnc2C2CN(c3ccc4ccccc4n3)C2)C1. The molecule has 3 fully saturated rings. The highest BCUT2D eigenvalue weighted by molar-refractivity contribution is 5.81. The van der Waals surface area contributed by atoms with Gasteiger partial charge >= 0.3 is 0 Å². The minimum atomic E-state index is -0.260. The number of hydrogen-bond acceptors (Lipinski definition) is 12. The van der Waals surface area contributed by atoms with Gasteiger partial charge in [-0.1, -0.05) is 62.4 Å². The molecule has 3 aromatic carbocycles. The third-order valence-electron chi connectivity index (χ3n) is 10.9. The Bertz CT molecular complexity index is 2440. The van der Waals surface area contributed by atoms with Gasteiger partial charge in [-0.05, 0) is 60.5 Å². The summed E-state index contributed by atoms with van der Waals surface area (Å²) in [6.07, 6.45) is 7.55. The van der Waals surface area contributed by atoms with Gasteiger partial charge in [-0.3, -0.25) is 9.97 Å². The predicted octanol–water partition coefficient (Wildman–Crippen LogP) is 7.48. The monoisotopic (exact) mass is 774 g/mol. The van der Waals surface area contributed by atoms with Crippen LogP contribution in [0.1, 0.15) is 49.1 Å². The molecule has 7 aromatic rings. The van der Waals surface area contributed by atoms with Crippen LogP contribution >= 0.6 is 0 Å². The van der Waals surface area contributed by atoms with Gasteiger partial charge in [0.05, 0.1) is 35.6 Å². The van der Waals surface area contributed by atoms with Crippen LogP contribution in [0.4, 0.5) is 23.3 Å². The summed E-state index contributed by atoms with van der Waals surface area (Å²) < 4.78 is 5.22. The number of fused-ring (bicyclic) bond motifs is 2. The molecule has 12 heteroatoms. The van der Waals surface area contributed by atoms with Crippen LogP contribution in [-0.2, 0) is 6.54 Å². The molecule has 0 aliphatic carbocycles. The molecule has 0 amide bonds. The Morgan fingerprint density at radius 1 is 0.621 bits per heavy atom. The number of hydrogen-bond donors (Lipinski definition) is 2. The highest BCUT2D eigenvalue weighted by Gasteiger charge is 2.35. The number of nitrogens with one attached hydrogen (secondary N) is 1. The number of ether oxygens (including phenoxy) is 1. The molecule has 296 valence electrons. The number of aromatic nitrogens is 6. The summed E-state index contributed by atoms with van der Waals surface area (Å²) in [6, 6.07) is 32.9. The molecule has 4 aromatic heterocycles. The Kier molecular flexibility index (Phi) is 11.8. The summed E-state index contributed by atoms with van der Waals surface area (Å²) in [5.41, 5.74) is 5.28. The Hall–Kier alpha value is -6.40. The van der Waals surface area contributed by atoms with Crippen LogP contribution in [0.25, 0.3) is 21.8 Å². The Balaban J connectivity index is 0.000000157. The van der Waals surface area contributed by atoms with E-state index in [0.717, 1.165) is 101 Å². The number of nitrogens with zero attached hydrogens (tertiary/aromatic N) is 9. The summed E-state index contributed by atoms with van der Waals surface area (Å²) in [4.78, 5) is 34.7. The van der Waals surface area contributed by atoms with Crippen LogP contribution in [0.3, 0.4) is 0 Å². The van der Waals surface area contributed by atoms with Crippen molar-refractivity contribution in [1.82, 2.24) is 29.9 Å². The maximum Gasteiger partial charge on any atom is 0.150 e. The van der Waals surface area contributed by atoms with Crippen molar-refractivity contribution >= 4 is 45.1 Å². The average molecular weight is 775 g/mol. The van der Waals surface area contributed by atoms with Crippen molar-refractivity contribution in [2.75, 3.05) is 66.4 Å².